The lowest BCUT2D eigenvalue weighted by molar-refractivity contribution is -0.132. The molecule has 2 heteroatoms. The molecule has 1 unspecified atom stereocenters. The Kier molecular flexibility index (Phi) is 3.89. The topological polar surface area (TPSA) is 40.5 Å². The van der Waals surface area contributed by atoms with Crippen LogP contribution in [0.15, 0.2) is 0 Å². The van der Waals surface area contributed by atoms with E-state index in [0.717, 1.165) is 36.5 Å². The van der Waals surface area contributed by atoms with Crippen LogP contribution in [0, 0.1) is 40.4 Å². The number of hydrogen-bond acceptors (Lipinski definition) is 2. The lowest BCUT2D eigenvalue weighted by Crippen LogP contribution is -2.54. The standard InChI is InChI=1S/C21H36O2/c1-13(22)17-6-7-18-16-5-4-14-12-15(23)8-10-20(14,2)19(16)9-11-21(17,18)3/h13-19,22-23H,4-12H2,1-3H3/t13?,14-,15+,16+,17-,18+,19+,20+,21-/m1/s1. The fourth-order valence-electron chi connectivity index (χ4n) is 8.07. The molecule has 4 rings (SSSR count). The fraction of sp³-hybridized carbons (Fsp3) is 1.00. The maximum atomic E-state index is 10.3. The third-order valence-corrected chi connectivity index (χ3v) is 9.29. The van der Waals surface area contributed by atoms with Gasteiger partial charge >= 0.3 is 0 Å². The van der Waals surface area contributed by atoms with Crippen LogP contribution in [-0.4, -0.2) is 22.4 Å². The summed E-state index contributed by atoms with van der Waals surface area (Å²) in [7, 11) is 0. The second-order valence-corrected chi connectivity index (χ2v) is 10.1. The minimum absolute atomic E-state index is 0.0374. The van der Waals surface area contributed by atoms with Gasteiger partial charge in [-0.15, -0.1) is 0 Å². The number of aliphatic hydroxyl groups excluding tert-OH is 2. The molecule has 0 saturated heterocycles. The van der Waals surface area contributed by atoms with E-state index in [4.69, 9.17) is 0 Å². The molecule has 4 saturated carbocycles. The van der Waals surface area contributed by atoms with E-state index in [1.165, 1.54) is 44.9 Å². The van der Waals surface area contributed by atoms with E-state index in [1.807, 2.05) is 6.92 Å². The molecule has 2 nitrogen and oxygen atoms in total. The highest BCUT2D eigenvalue weighted by Gasteiger charge is 2.60. The predicted molar refractivity (Wildman–Crippen MR) is 92.9 cm³/mol. The maximum Gasteiger partial charge on any atom is 0.0545 e. The van der Waals surface area contributed by atoms with Gasteiger partial charge in [-0.2, -0.15) is 0 Å². The molecule has 0 amide bonds. The highest BCUT2D eigenvalue weighted by Crippen LogP contribution is 2.67. The zero-order valence-electron chi connectivity index (χ0n) is 15.3. The molecule has 0 aliphatic heterocycles. The van der Waals surface area contributed by atoms with Crippen molar-refractivity contribution in [2.24, 2.45) is 40.4 Å². The molecular weight excluding hydrogens is 284 g/mol. The normalized spacial score (nSPS) is 57.3. The molecule has 23 heavy (non-hydrogen) atoms. The molecule has 0 aromatic heterocycles. The first kappa shape index (κ1) is 16.4. The van der Waals surface area contributed by atoms with Crippen LogP contribution in [-0.2, 0) is 0 Å². The van der Waals surface area contributed by atoms with Crippen molar-refractivity contribution in [3.8, 4) is 0 Å². The minimum Gasteiger partial charge on any atom is -0.393 e. The summed E-state index contributed by atoms with van der Waals surface area (Å²) in [6.07, 6.45) is 11.1. The zero-order chi connectivity index (χ0) is 16.4. The van der Waals surface area contributed by atoms with E-state index in [0.29, 0.717) is 16.7 Å². The van der Waals surface area contributed by atoms with E-state index >= 15 is 0 Å². The lowest BCUT2D eigenvalue weighted by atomic mass is 9.44. The van der Waals surface area contributed by atoms with Crippen LogP contribution >= 0.6 is 0 Å². The van der Waals surface area contributed by atoms with Crippen molar-refractivity contribution in [2.45, 2.75) is 90.8 Å². The lowest BCUT2D eigenvalue weighted by Gasteiger charge is -2.61. The van der Waals surface area contributed by atoms with Crippen LogP contribution in [0.4, 0.5) is 0 Å². The monoisotopic (exact) mass is 320 g/mol. The van der Waals surface area contributed by atoms with Crippen molar-refractivity contribution < 1.29 is 10.2 Å². The Labute approximate surface area is 142 Å². The number of rotatable bonds is 1. The summed E-state index contributed by atoms with van der Waals surface area (Å²) in [5.41, 5.74) is 0.860. The molecular formula is C21H36O2. The fourth-order valence-corrected chi connectivity index (χ4v) is 8.07. The molecule has 0 bridgehead atoms. The van der Waals surface area contributed by atoms with Gasteiger partial charge in [-0.05, 0) is 105 Å². The van der Waals surface area contributed by atoms with Gasteiger partial charge in [0.2, 0.25) is 0 Å². The smallest absolute Gasteiger partial charge is 0.0545 e. The highest BCUT2D eigenvalue weighted by atomic mass is 16.3. The first-order valence-corrected chi connectivity index (χ1v) is 10.2. The van der Waals surface area contributed by atoms with E-state index in [9.17, 15) is 10.2 Å². The minimum atomic E-state index is -0.140. The highest BCUT2D eigenvalue weighted by molar-refractivity contribution is 5.09. The quantitative estimate of drug-likeness (QED) is 0.752. The van der Waals surface area contributed by atoms with Crippen LogP contribution < -0.4 is 0 Å². The van der Waals surface area contributed by atoms with Gasteiger partial charge in [0.15, 0.2) is 0 Å². The molecule has 0 aromatic rings. The van der Waals surface area contributed by atoms with Gasteiger partial charge in [-0.1, -0.05) is 13.8 Å². The van der Waals surface area contributed by atoms with Crippen LogP contribution in [0.1, 0.15) is 78.6 Å². The number of fused-ring (bicyclic) bond motifs is 5. The molecule has 0 aromatic carbocycles. The molecule has 0 spiro atoms. The summed E-state index contributed by atoms with van der Waals surface area (Å²) in [5, 5.41) is 20.4. The third-order valence-electron chi connectivity index (χ3n) is 9.29. The molecule has 0 heterocycles. The first-order chi connectivity index (χ1) is 10.9. The van der Waals surface area contributed by atoms with E-state index in [1.54, 1.807) is 0 Å². The van der Waals surface area contributed by atoms with Gasteiger partial charge < -0.3 is 10.2 Å². The van der Waals surface area contributed by atoms with Crippen LogP contribution in [0.2, 0.25) is 0 Å². The Morgan fingerprint density at radius 2 is 1.57 bits per heavy atom. The Hall–Kier alpha value is -0.0800. The average molecular weight is 321 g/mol. The van der Waals surface area contributed by atoms with Gasteiger partial charge in [0.25, 0.3) is 0 Å². The summed E-state index contributed by atoms with van der Waals surface area (Å²) in [4.78, 5) is 0. The van der Waals surface area contributed by atoms with Crippen LogP contribution in [0.3, 0.4) is 0 Å². The Morgan fingerprint density at radius 1 is 0.870 bits per heavy atom. The average Bonchev–Trinajstić information content (AvgIpc) is 2.85. The van der Waals surface area contributed by atoms with Crippen molar-refractivity contribution in [3.05, 3.63) is 0 Å². The van der Waals surface area contributed by atoms with Crippen molar-refractivity contribution >= 4 is 0 Å². The van der Waals surface area contributed by atoms with Crippen molar-refractivity contribution in [3.63, 3.8) is 0 Å². The molecule has 2 N–H and O–H groups in total. The third kappa shape index (κ3) is 2.27. The predicted octanol–water partition coefficient (Wildman–Crippen LogP) is 4.39. The van der Waals surface area contributed by atoms with Gasteiger partial charge in [-0.25, -0.2) is 0 Å². The van der Waals surface area contributed by atoms with Gasteiger partial charge in [0, 0.05) is 0 Å². The molecule has 0 radical (unpaired) electrons. The molecule has 4 aliphatic carbocycles. The van der Waals surface area contributed by atoms with Crippen molar-refractivity contribution in [1.82, 2.24) is 0 Å². The summed E-state index contributed by atoms with van der Waals surface area (Å²) in [6, 6.07) is 0. The van der Waals surface area contributed by atoms with Crippen LogP contribution in [0.5, 0.6) is 0 Å². The molecule has 132 valence electrons. The van der Waals surface area contributed by atoms with Gasteiger partial charge in [0.05, 0.1) is 12.2 Å². The molecule has 4 fully saturated rings. The summed E-state index contributed by atoms with van der Waals surface area (Å²) in [5.74, 6) is 3.87. The second-order valence-electron chi connectivity index (χ2n) is 10.1. The number of aliphatic hydroxyl groups is 2. The molecule has 9 atom stereocenters. The summed E-state index contributed by atoms with van der Waals surface area (Å²) < 4.78 is 0. The van der Waals surface area contributed by atoms with E-state index in [2.05, 4.69) is 13.8 Å². The SMILES string of the molecule is CC(O)[C@H]1CC[C@H]2[C@@H]3CC[C@@H]4C[C@@H](O)CC[C@]4(C)[C@H]3CC[C@]12C. The van der Waals surface area contributed by atoms with E-state index < -0.39 is 0 Å². The maximum absolute atomic E-state index is 10.3. The number of hydrogen-bond donors (Lipinski definition) is 2. The Balaban J connectivity index is 1.60. The molecule has 4 aliphatic rings. The van der Waals surface area contributed by atoms with E-state index in [-0.39, 0.29) is 12.2 Å². The van der Waals surface area contributed by atoms with Crippen molar-refractivity contribution in [1.29, 1.82) is 0 Å². The Morgan fingerprint density at radius 3 is 2.30 bits per heavy atom. The van der Waals surface area contributed by atoms with Gasteiger partial charge in [-0.3, -0.25) is 0 Å². The van der Waals surface area contributed by atoms with Gasteiger partial charge in [0.1, 0.15) is 0 Å². The van der Waals surface area contributed by atoms with Crippen LogP contribution in [0.25, 0.3) is 0 Å². The van der Waals surface area contributed by atoms with Crippen molar-refractivity contribution in [2.75, 3.05) is 0 Å². The summed E-state index contributed by atoms with van der Waals surface area (Å²) in [6.45, 7) is 7.08. The second kappa shape index (κ2) is 5.46. The largest absolute Gasteiger partial charge is 0.393 e. The zero-order valence-corrected chi connectivity index (χ0v) is 15.3. The Bertz CT molecular complexity index is 461. The first-order valence-electron chi connectivity index (χ1n) is 10.2. The summed E-state index contributed by atoms with van der Waals surface area (Å²) >= 11 is 0.